The Labute approximate surface area is 98.8 Å². The minimum absolute atomic E-state index is 0.0983. The van der Waals surface area contributed by atoms with Crippen molar-refractivity contribution in [1.29, 1.82) is 0 Å². The summed E-state index contributed by atoms with van der Waals surface area (Å²) < 4.78 is 5.38. The molecule has 1 rings (SSSR count). The van der Waals surface area contributed by atoms with E-state index in [4.69, 9.17) is 10.5 Å². The first-order valence-electron chi connectivity index (χ1n) is 5.91. The largest absolute Gasteiger partial charge is 0.377 e. The van der Waals surface area contributed by atoms with Gasteiger partial charge < -0.3 is 10.5 Å². The maximum atomic E-state index is 6.10. The zero-order valence-corrected chi connectivity index (χ0v) is 10.6. The fourth-order valence-electron chi connectivity index (χ4n) is 1.67. The summed E-state index contributed by atoms with van der Waals surface area (Å²) in [5, 5.41) is 0. The summed E-state index contributed by atoms with van der Waals surface area (Å²) >= 11 is 0. The van der Waals surface area contributed by atoms with Gasteiger partial charge in [-0.1, -0.05) is 30.3 Å². The van der Waals surface area contributed by atoms with Crippen molar-refractivity contribution in [1.82, 2.24) is 0 Å². The van der Waals surface area contributed by atoms with Crippen molar-refractivity contribution in [3.8, 4) is 0 Å². The number of nitrogens with two attached hydrogens (primary N) is 1. The van der Waals surface area contributed by atoms with Crippen LogP contribution in [0.25, 0.3) is 0 Å². The van der Waals surface area contributed by atoms with E-state index in [2.05, 4.69) is 24.3 Å². The third-order valence-electron chi connectivity index (χ3n) is 3.24. The molecular weight excluding hydrogens is 198 g/mol. The summed E-state index contributed by atoms with van der Waals surface area (Å²) in [6.07, 6.45) is 3.20. The molecule has 0 aromatic heterocycles. The summed E-state index contributed by atoms with van der Waals surface area (Å²) in [5.74, 6) is 0. The smallest absolute Gasteiger partial charge is 0.0772 e. The van der Waals surface area contributed by atoms with Gasteiger partial charge in [-0.05, 0) is 38.7 Å². The highest BCUT2D eigenvalue weighted by molar-refractivity contribution is 5.14. The van der Waals surface area contributed by atoms with Crippen molar-refractivity contribution < 1.29 is 4.74 Å². The Morgan fingerprint density at radius 3 is 2.44 bits per heavy atom. The highest BCUT2D eigenvalue weighted by atomic mass is 16.5. The number of aryl methyl sites for hydroxylation is 1. The Kier molecular flexibility index (Phi) is 4.97. The van der Waals surface area contributed by atoms with Crippen molar-refractivity contribution in [2.24, 2.45) is 5.73 Å². The average Bonchev–Trinajstić information content (AvgIpc) is 2.30. The Bertz CT molecular complexity index is 295. The molecule has 2 nitrogen and oxygen atoms in total. The molecule has 0 aliphatic carbocycles. The second-order valence-electron chi connectivity index (χ2n) is 4.79. The number of methoxy groups -OCH3 is 1. The molecule has 0 spiro atoms. The monoisotopic (exact) mass is 221 g/mol. The third kappa shape index (κ3) is 3.95. The molecule has 1 aromatic carbocycles. The van der Waals surface area contributed by atoms with Crippen molar-refractivity contribution in [3.63, 3.8) is 0 Å². The van der Waals surface area contributed by atoms with Crippen LogP contribution in [0.15, 0.2) is 30.3 Å². The molecule has 2 N–H and O–H groups in total. The maximum absolute atomic E-state index is 6.10. The summed E-state index contributed by atoms with van der Waals surface area (Å²) in [6.45, 7) is 4.08. The minimum atomic E-state index is -0.226. The molecule has 0 saturated heterocycles. The Balaban J connectivity index is 2.31. The molecule has 1 unspecified atom stereocenters. The minimum Gasteiger partial charge on any atom is -0.377 e. The van der Waals surface area contributed by atoms with Gasteiger partial charge in [0.25, 0.3) is 0 Å². The fraction of sp³-hybridized carbons (Fsp3) is 0.571. The van der Waals surface area contributed by atoms with E-state index in [1.54, 1.807) is 7.11 Å². The zero-order valence-electron chi connectivity index (χ0n) is 10.6. The number of benzene rings is 1. The topological polar surface area (TPSA) is 35.2 Å². The second kappa shape index (κ2) is 6.02. The molecule has 0 aliphatic rings. The van der Waals surface area contributed by atoms with Gasteiger partial charge in [-0.25, -0.2) is 0 Å². The van der Waals surface area contributed by atoms with Crippen LogP contribution in [0.3, 0.4) is 0 Å². The van der Waals surface area contributed by atoms with Crippen molar-refractivity contribution >= 4 is 0 Å². The summed E-state index contributed by atoms with van der Waals surface area (Å²) in [7, 11) is 1.72. The molecule has 0 radical (unpaired) electrons. The van der Waals surface area contributed by atoms with Gasteiger partial charge in [0.05, 0.1) is 5.60 Å². The van der Waals surface area contributed by atoms with Crippen LogP contribution in [0.5, 0.6) is 0 Å². The molecule has 0 saturated carbocycles. The molecule has 1 aromatic rings. The fourth-order valence-corrected chi connectivity index (χ4v) is 1.67. The van der Waals surface area contributed by atoms with Gasteiger partial charge >= 0.3 is 0 Å². The lowest BCUT2D eigenvalue weighted by Gasteiger charge is -2.30. The SMILES string of the molecule is COC(C)(C)C(N)CCCc1ccccc1. The highest BCUT2D eigenvalue weighted by Crippen LogP contribution is 2.17. The standard InChI is InChI=1S/C14H23NO/c1-14(2,16-3)13(15)11-7-10-12-8-5-4-6-9-12/h4-6,8-9,13H,7,10-11,15H2,1-3H3. The molecule has 1 atom stereocenters. The number of ether oxygens (including phenoxy) is 1. The number of hydrogen-bond acceptors (Lipinski definition) is 2. The molecule has 16 heavy (non-hydrogen) atoms. The molecule has 90 valence electrons. The molecule has 0 heterocycles. The predicted molar refractivity (Wildman–Crippen MR) is 68.4 cm³/mol. The molecule has 2 heteroatoms. The van der Waals surface area contributed by atoms with Crippen LogP contribution < -0.4 is 5.73 Å². The third-order valence-corrected chi connectivity index (χ3v) is 3.24. The van der Waals surface area contributed by atoms with E-state index < -0.39 is 0 Å². The van der Waals surface area contributed by atoms with E-state index in [0.717, 1.165) is 19.3 Å². The van der Waals surface area contributed by atoms with Crippen molar-refractivity contribution in [3.05, 3.63) is 35.9 Å². The van der Waals surface area contributed by atoms with Crippen LogP contribution in [-0.2, 0) is 11.2 Å². The quantitative estimate of drug-likeness (QED) is 0.801. The van der Waals surface area contributed by atoms with Gasteiger partial charge in [0.1, 0.15) is 0 Å². The number of hydrogen-bond donors (Lipinski definition) is 1. The second-order valence-corrected chi connectivity index (χ2v) is 4.79. The molecular formula is C14H23NO. The summed E-state index contributed by atoms with van der Waals surface area (Å²) in [6, 6.07) is 10.6. The van der Waals surface area contributed by atoms with Crippen LogP contribution >= 0.6 is 0 Å². The highest BCUT2D eigenvalue weighted by Gasteiger charge is 2.24. The van der Waals surface area contributed by atoms with E-state index in [-0.39, 0.29) is 11.6 Å². The van der Waals surface area contributed by atoms with Gasteiger partial charge in [-0.3, -0.25) is 0 Å². The lowest BCUT2D eigenvalue weighted by Crippen LogP contribution is -2.44. The van der Waals surface area contributed by atoms with Crippen LogP contribution in [-0.4, -0.2) is 18.8 Å². The van der Waals surface area contributed by atoms with Crippen LogP contribution in [0.1, 0.15) is 32.3 Å². The van der Waals surface area contributed by atoms with E-state index in [1.165, 1.54) is 5.56 Å². The maximum Gasteiger partial charge on any atom is 0.0772 e. The Hall–Kier alpha value is -0.860. The first kappa shape index (κ1) is 13.2. The van der Waals surface area contributed by atoms with Gasteiger partial charge in [0.15, 0.2) is 0 Å². The van der Waals surface area contributed by atoms with Crippen LogP contribution in [0, 0.1) is 0 Å². The van der Waals surface area contributed by atoms with E-state index in [1.807, 2.05) is 19.9 Å². The molecule has 0 amide bonds. The first-order valence-corrected chi connectivity index (χ1v) is 5.91. The van der Waals surface area contributed by atoms with Gasteiger partial charge in [-0.2, -0.15) is 0 Å². The Morgan fingerprint density at radius 1 is 1.25 bits per heavy atom. The van der Waals surface area contributed by atoms with E-state index in [0.29, 0.717) is 0 Å². The van der Waals surface area contributed by atoms with Gasteiger partial charge in [0.2, 0.25) is 0 Å². The summed E-state index contributed by atoms with van der Waals surface area (Å²) in [4.78, 5) is 0. The van der Waals surface area contributed by atoms with Crippen molar-refractivity contribution in [2.75, 3.05) is 7.11 Å². The van der Waals surface area contributed by atoms with Gasteiger partial charge in [0, 0.05) is 13.2 Å². The van der Waals surface area contributed by atoms with Crippen LogP contribution in [0.4, 0.5) is 0 Å². The number of rotatable bonds is 6. The molecule has 0 bridgehead atoms. The first-order chi connectivity index (χ1) is 7.56. The summed E-state index contributed by atoms with van der Waals surface area (Å²) in [5.41, 5.74) is 7.26. The predicted octanol–water partition coefficient (Wildman–Crippen LogP) is 2.76. The van der Waals surface area contributed by atoms with Crippen molar-refractivity contribution in [2.45, 2.75) is 44.8 Å². The average molecular weight is 221 g/mol. The van der Waals surface area contributed by atoms with Gasteiger partial charge in [-0.15, -0.1) is 0 Å². The zero-order chi connectivity index (χ0) is 12.0. The Morgan fingerprint density at radius 2 is 1.88 bits per heavy atom. The van der Waals surface area contributed by atoms with E-state index in [9.17, 15) is 0 Å². The lowest BCUT2D eigenvalue weighted by molar-refractivity contribution is -0.00185. The molecule has 0 fully saturated rings. The lowest BCUT2D eigenvalue weighted by atomic mass is 9.93. The van der Waals surface area contributed by atoms with E-state index >= 15 is 0 Å². The van der Waals surface area contributed by atoms with Crippen LogP contribution in [0.2, 0.25) is 0 Å². The molecule has 0 aliphatic heterocycles. The normalized spacial score (nSPS) is 13.8.